The highest BCUT2D eigenvalue weighted by molar-refractivity contribution is 5.59. The Balaban J connectivity index is 2.02. The number of alkyl halides is 3. The number of aryl methyl sites for hydroxylation is 1. The van der Waals surface area contributed by atoms with E-state index in [9.17, 15) is 23.3 Å². The third-order valence-electron chi connectivity index (χ3n) is 4.03. The van der Waals surface area contributed by atoms with Gasteiger partial charge in [0.2, 0.25) is 12.1 Å². The van der Waals surface area contributed by atoms with Crippen LogP contribution in [0.3, 0.4) is 0 Å². The molecule has 0 unspecified atom stereocenters. The molecule has 12 heteroatoms. The summed E-state index contributed by atoms with van der Waals surface area (Å²) in [4.78, 5) is 18.1. The van der Waals surface area contributed by atoms with Crippen molar-refractivity contribution in [1.82, 2.24) is 24.3 Å². The van der Waals surface area contributed by atoms with Crippen LogP contribution in [0.2, 0.25) is 0 Å². The predicted octanol–water partition coefficient (Wildman–Crippen LogP) is 3.77. The quantitative estimate of drug-likeness (QED) is 0.334. The smallest absolute Gasteiger partial charge is 0.416 e. The molecule has 2 aromatic heterocycles. The van der Waals surface area contributed by atoms with Gasteiger partial charge in [-0.3, -0.25) is 4.57 Å². The van der Waals surface area contributed by atoms with E-state index in [1.807, 2.05) is 6.92 Å². The number of nitrogens with zero attached hydrogens (tertiary/aromatic N) is 6. The lowest BCUT2D eigenvalue weighted by Crippen LogP contribution is -2.07. The summed E-state index contributed by atoms with van der Waals surface area (Å²) in [5.41, 5.74) is -0.820. The molecule has 0 spiro atoms. The number of nitro groups is 1. The number of ether oxygens (including phenoxy) is 1. The first kappa shape index (κ1) is 20.3. The fraction of sp³-hybridized carbons (Fsp3) is 0.353. The van der Waals surface area contributed by atoms with Crippen LogP contribution in [-0.4, -0.2) is 35.8 Å². The van der Waals surface area contributed by atoms with Gasteiger partial charge in [0.25, 0.3) is 0 Å². The molecule has 9 nitrogen and oxygen atoms in total. The molecule has 2 heterocycles. The van der Waals surface area contributed by atoms with E-state index in [1.165, 1.54) is 30.3 Å². The number of halogens is 3. The lowest BCUT2D eigenvalue weighted by molar-refractivity contribution is -0.389. The van der Waals surface area contributed by atoms with E-state index < -0.39 is 22.5 Å². The highest BCUT2D eigenvalue weighted by Crippen LogP contribution is 2.35. The average Bonchev–Trinajstić information content (AvgIpc) is 3.27. The Hall–Kier alpha value is -3.44. The molecule has 3 aromatic rings. The minimum Gasteiger partial charge on any atom is -0.494 e. The van der Waals surface area contributed by atoms with Crippen molar-refractivity contribution >= 4 is 5.82 Å². The molecule has 0 amide bonds. The average molecular weight is 410 g/mol. The standard InChI is InChI=1S/C17H17F3N6O3/c1-3-4-5-29-13-7-11(6-12(8-13)17(18,19)20)14-21-10-25(23-14)16-15(26(27)28)22-9-24(16)2/h6-10H,3-5H2,1-2H3. The first-order valence-electron chi connectivity index (χ1n) is 8.64. The second kappa shape index (κ2) is 7.89. The molecule has 0 aliphatic carbocycles. The summed E-state index contributed by atoms with van der Waals surface area (Å²) in [5.74, 6) is -0.408. The van der Waals surface area contributed by atoms with Crippen LogP contribution >= 0.6 is 0 Å². The minimum atomic E-state index is -4.58. The van der Waals surface area contributed by atoms with Crippen LogP contribution in [0, 0.1) is 10.1 Å². The Morgan fingerprint density at radius 1 is 1.21 bits per heavy atom. The van der Waals surface area contributed by atoms with Gasteiger partial charge < -0.3 is 14.9 Å². The van der Waals surface area contributed by atoms with Gasteiger partial charge in [-0.2, -0.15) is 17.9 Å². The molecule has 0 fully saturated rings. The molecule has 0 saturated carbocycles. The van der Waals surface area contributed by atoms with Gasteiger partial charge in [0, 0.05) is 12.6 Å². The molecule has 29 heavy (non-hydrogen) atoms. The topological polar surface area (TPSA) is 101 Å². The molecule has 0 atom stereocenters. The third-order valence-corrected chi connectivity index (χ3v) is 4.03. The van der Waals surface area contributed by atoms with Gasteiger partial charge in [0.1, 0.15) is 12.1 Å². The molecule has 1 aromatic carbocycles. The Bertz CT molecular complexity index is 1030. The summed E-state index contributed by atoms with van der Waals surface area (Å²) in [6.45, 7) is 2.22. The van der Waals surface area contributed by atoms with E-state index in [4.69, 9.17) is 4.74 Å². The summed E-state index contributed by atoms with van der Waals surface area (Å²) in [5, 5.41) is 15.2. The fourth-order valence-corrected chi connectivity index (χ4v) is 2.61. The van der Waals surface area contributed by atoms with Crippen molar-refractivity contribution in [2.24, 2.45) is 7.05 Å². The highest BCUT2D eigenvalue weighted by Gasteiger charge is 2.32. The summed E-state index contributed by atoms with van der Waals surface area (Å²) in [6.07, 6.45) is -0.637. The molecule has 0 aliphatic heterocycles. The van der Waals surface area contributed by atoms with Gasteiger partial charge in [0.05, 0.1) is 12.2 Å². The van der Waals surface area contributed by atoms with Gasteiger partial charge in [0.15, 0.2) is 5.82 Å². The van der Waals surface area contributed by atoms with Gasteiger partial charge >= 0.3 is 12.0 Å². The Morgan fingerprint density at radius 2 is 1.97 bits per heavy atom. The first-order valence-corrected chi connectivity index (χ1v) is 8.64. The van der Waals surface area contributed by atoms with Crippen LogP contribution in [0.25, 0.3) is 17.2 Å². The van der Waals surface area contributed by atoms with E-state index in [0.717, 1.165) is 23.2 Å². The molecule has 0 bridgehead atoms. The number of unbranched alkanes of at least 4 members (excludes halogenated alkanes) is 1. The molecule has 0 saturated heterocycles. The Morgan fingerprint density at radius 3 is 2.62 bits per heavy atom. The molecule has 3 rings (SSSR count). The predicted molar refractivity (Wildman–Crippen MR) is 95.6 cm³/mol. The van der Waals surface area contributed by atoms with Crippen molar-refractivity contribution < 1.29 is 22.8 Å². The number of rotatable bonds is 7. The largest absolute Gasteiger partial charge is 0.494 e. The van der Waals surface area contributed by atoms with Crippen LogP contribution < -0.4 is 4.74 Å². The van der Waals surface area contributed by atoms with E-state index in [-0.39, 0.29) is 29.6 Å². The van der Waals surface area contributed by atoms with Gasteiger partial charge in [-0.25, -0.2) is 4.98 Å². The molecule has 0 radical (unpaired) electrons. The van der Waals surface area contributed by atoms with Crippen LogP contribution in [0.1, 0.15) is 25.3 Å². The molecule has 154 valence electrons. The molecular formula is C17H17F3N6O3. The molecule has 0 aliphatic rings. The second-order valence-corrected chi connectivity index (χ2v) is 6.22. The van der Waals surface area contributed by atoms with Crippen molar-refractivity contribution in [3.63, 3.8) is 0 Å². The van der Waals surface area contributed by atoms with E-state index in [1.54, 1.807) is 0 Å². The Kier molecular flexibility index (Phi) is 5.52. The van der Waals surface area contributed by atoms with Crippen LogP contribution in [0.5, 0.6) is 5.75 Å². The van der Waals surface area contributed by atoms with Gasteiger partial charge in [-0.1, -0.05) is 13.3 Å². The number of imidazole rings is 1. The zero-order valence-electron chi connectivity index (χ0n) is 15.5. The van der Waals surface area contributed by atoms with E-state index in [0.29, 0.717) is 6.42 Å². The van der Waals surface area contributed by atoms with Crippen molar-refractivity contribution in [2.75, 3.05) is 6.61 Å². The van der Waals surface area contributed by atoms with Crippen molar-refractivity contribution in [3.8, 4) is 23.0 Å². The Labute approximate surface area is 162 Å². The van der Waals surface area contributed by atoms with E-state index >= 15 is 0 Å². The van der Waals surface area contributed by atoms with Crippen molar-refractivity contribution in [1.29, 1.82) is 0 Å². The zero-order valence-corrected chi connectivity index (χ0v) is 15.5. The van der Waals surface area contributed by atoms with Gasteiger partial charge in [-0.15, -0.1) is 5.10 Å². The second-order valence-electron chi connectivity index (χ2n) is 6.22. The maximum Gasteiger partial charge on any atom is 0.416 e. The molecule has 0 N–H and O–H groups in total. The van der Waals surface area contributed by atoms with Crippen LogP contribution in [0.4, 0.5) is 19.0 Å². The highest BCUT2D eigenvalue weighted by atomic mass is 19.4. The van der Waals surface area contributed by atoms with Gasteiger partial charge in [-0.05, 0) is 34.5 Å². The van der Waals surface area contributed by atoms with Crippen molar-refractivity contribution in [3.05, 3.63) is 46.5 Å². The number of benzene rings is 1. The van der Waals surface area contributed by atoms with Crippen molar-refractivity contribution in [2.45, 2.75) is 25.9 Å². The SMILES string of the molecule is CCCCOc1cc(-c2ncn(-c3c([N+](=O)[O-])ncn3C)n2)cc(C(F)(F)F)c1. The number of hydrogen-bond donors (Lipinski definition) is 0. The maximum atomic E-state index is 13.3. The van der Waals surface area contributed by atoms with Crippen LogP contribution in [0.15, 0.2) is 30.9 Å². The number of hydrogen-bond acceptors (Lipinski definition) is 6. The zero-order chi connectivity index (χ0) is 21.2. The summed E-state index contributed by atoms with van der Waals surface area (Å²) < 4.78 is 47.7. The lowest BCUT2D eigenvalue weighted by atomic mass is 10.1. The summed E-state index contributed by atoms with van der Waals surface area (Å²) in [7, 11) is 1.53. The minimum absolute atomic E-state index is 0.0279. The van der Waals surface area contributed by atoms with E-state index in [2.05, 4.69) is 15.1 Å². The summed E-state index contributed by atoms with van der Waals surface area (Å²) >= 11 is 0. The molecular weight excluding hydrogens is 393 g/mol. The first-order chi connectivity index (χ1) is 13.7. The normalized spacial score (nSPS) is 11.6. The monoisotopic (exact) mass is 410 g/mol. The third kappa shape index (κ3) is 4.36. The van der Waals surface area contributed by atoms with Crippen LogP contribution in [-0.2, 0) is 13.2 Å². The summed E-state index contributed by atoms with van der Waals surface area (Å²) in [6, 6.07) is 3.23. The lowest BCUT2D eigenvalue weighted by Gasteiger charge is -2.12. The maximum absolute atomic E-state index is 13.3. The fourth-order valence-electron chi connectivity index (χ4n) is 2.61. The number of aromatic nitrogens is 5.